The monoisotopic (exact) mass is 573 g/mol. The molecule has 0 spiro atoms. The van der Waals surface area contributed by atoms with Gasteiger partial charge in [-0.25, -0.2) is 0 Å². The Labute approximate surface area is 228 Å². The molecule has 0 aliphatic heterocycles. The van der Waals surface area contributed by atoms with Gasteiger partial charge >= 0.3 is 0 Å². The zero-order valence-corrected chi connectivity index (χ0v) is 22.4. The number of para-hydroxylation sites is 1. The molecule has 0 radical (unpaired) electrons. The number of carbonyl (C=O) groups excluding carboxylic acids is 1. The summed E-state index contributed by atoms with van der Waals surface area (Å²) in [5.41, 5.74) is 0.542. The zero-order chi connectivity index (χ0) is 27.6. The van der Waals surface area contributed by atoms with Crippen LogP contribution in [-0.4, -0.2) is 31.1 Å². The number of fused-ring (bicyclic) bond motifs is 1. The van der Waals surface area contributed by atoms with Crippen LogP contribution in [0.15, 0.2) is 75.8 Å². The Hall–Kier alpha value is -3.70. The molecule has 1 amide bonds. The number of anilines is 1. The molecule has 0 unspecified atom stereocenters. The van der Waals surface area contributed by atoms with Crippen LogP contribution < -0.4 is 10.1 Å². The predicted molar refractivity (Wildman–Crippen MR) is 146 cm³/mol. The van der Waals surface area contributed by atoms with Crippen molar-refractivity contribution in [2.45, 2.75) is 18.2 Å². The number of hydrogen-bond acceptors (Lipinski definition) is 7. The van der Waals surface area contributed by atoms with Crippen LogP contribution in [0, 0.1) is 0 Å². The Kier molecular flexibility index (Phi) is 7.89. The molecular formula is C26H21Cl2N3O6S. The molecule has 3 N–H and O–H groups in total. The Morgan fingerprint density at radius 3 is 2.47 bits per heavy atom. The number of nitrogens with one attached hydrogen (secondary N) is 1. The van der Waals surface area contributed by atoms with Gasteiger partial charge in [0.15, 0.2) is 5.75 Å². The van der Waals surface area contributed by atoms with Crippen LogP contribution in [0.5, 0.6) is 11.5 Å². The standard InChI is InChI=1S/C26H21Cl2N3O6S/c1-3-14-11-19(22(28)21(12-14)38(34,35)36)30-31-23-16-8-5-4-7-15(16)13-17(25(23)32)26(33)29-24-18(27)9-6-10-20(24)37-2/h4-13,32H,3H2,1-2H3,(H,29,33)(H,34,35,36). The van der Waals surface area contributed by atoms with Crippen molar-refractivity contribution >= 4 is 67.1 Å². The number of azo groups is 1. The molecule has 0 fully saturated rings. The van der Waals surface area contributed by atoms with Gasteiger partial charge in [0, 0.05) is 5.39 Å². The van der Waals surface area contributed by atoms with E-state index in [0.717, 1.165) is 0 Å². The first-order chi connectivity index (χ1) is 18.0. The number of aromatic hydroxyl groups is 1. The molecule has 0 aromatic heterocycles. The van der Waals surface area contributed by atoms with Gasteiger partial charge in [0.2, 0.25) is 0 Å². The number of rotatable bonds is 7. The van der Waals surface area contributed by atoms with Crippen molar-refractivity contribution in [3.8, 4) is 11.5 Å². The maximum atomic E-state index is 13.2. The minimum absolute atomic E-state index is 0.0437. The summed E-state index contributed by atoms with van der Waals surface area (Å²) in [7, 11) is -3.20. The van der Waals surface area contributed by atoms with Gasteiger partial charge in [-0.2, -0.15) is 8.42 Å². The number of aryl methyl sites for hydroxylation is 1. The number of phenols is 1. The lowest BCUT2D eigenvalue weighted by Gasteiger charge is -2.14. The molecule has 0 saturated carbocycles. The molecular weight excluding hydrogens is 553 g/mol. The number of halogens is 2. The van der Waals surface area contributed by atoms with Crippen LogP contribution in [0.25, 0.3) is 10.8 Å². The number of phenolic OH excluding ortho intramolecular Hbond substituents is 1. The second-order valence-corrected chi connectivity index (χ2v) is 10.2. The highest BCUT2D eigenvalue weighted by molar-refractivity contribution is 7.86. The molecule has 0 saturated heterocycles. The van der Waals surface area contributed by atoms with Crippen molar-refractivity contribution in [2.75, 3.05) is 12.4 Å². The number of ether oxygens (including phenoxy) is 1. The second kappa shape index (κ2) is 11.0. The molecule has 4 rings (SSSR count). The van der Waals surface area contributed by atoms with Crippen molar-refractivity contribution in [2.24, 2.45) is 10.2 Å². The van der Waals surface area contributed by atoms with Crippen LogP contribution in [0.2, 0.25) is 10.0 Å². The molecule has 9 nitrogen and oxygen atoms in total. The lowest BCUT2D eigenvalue weighted by molar-refractivity contribution is 0.102. The van der Waals surface area contributed by atoms with E-state index in [4.69, 9.17) is 27.9 Å². The smallest absolute Gasteiger partial charge is 0.296 e. The van der Waals surface area contributed by atoms with Crippen LogP contribution in [0.1, 0.15) is 22.8 Å². The third-order valence-corrected chi connectivity index (χ3v) is 7.40. The molecule has 12 heteroatoms. The SMILES string of the molecule is CCc1cc(N=Nc2c(O)c(C(=O)Nc3c(Cl)cccc3OC)cc3ccccc23)c(Cl)c(S(=O)(=O)O)c1. The van der Waals surface area contributed by atoms with E-state index in [0.29, 0.717) is 28.5 Å². The number of amides is 1. The molecule has 196 valence electrons. The topological polar surface area (TPSA) is 138 Å². The van der Waals surface area contributed by atoms with Gasteiger partial charge in [-0.05, 0) is 47.7 Å². The molecule has 4 aromatic rings. The van der Waals surface area contributed by atoms with Gasteiger partial charge in [0.25, 0.3) is 16.0 Å². The predicted octanol–water partition coefficient (Wildman–Crippen LogP) is 7.34. The first kappa shape index (κ1) is 27.3. The number of nitrogens with zero attached hydrogens (tertiary/aromatic N) is 2. The summed E-state index contributed by atoms with van der Waals surface area (Å²) in [5, 5.41) is 22.9. The summed E-state index contributed by atoms with van der Waals surface area (Å²) in [6, 6.07) is 16.0. The largest absolute Gasteiger partial charge is 0.505 e. The highest BCUT2D eigenvalue weighted by Crippen LogP contribution is 2.42. The summed E-state index contributed by atoms with van der Waals surface area (Å²) in [4.78, 5) is 12.7. The van der Waals surface area contributed by atoms with E-state index in [2.05, 4.69) is 15.5 Å². The van der Waals surface area contributed by atoms with E-state index in [1.54, 1.807) is 49.4 Å². The van der Waals surface area contributed by atoms with E-state index in [1.165, 1.54) is 25.3 Å². The van der Waals surface area contributed by atoms with Crippen molar-refractivity contribution in [1.82, 2.24) is 0 Å². The van der Waals surface area contributed by atoms with E-state index in [1.807, 2.05) is 0 Å². The lowest BCUT2D eigenvalue weighted by Crippen LogP contribution is -2.13. The lowest BCUT2D eigenvalue weighted by atomic mass is 10.0. The third kappa shape index (κ3) is 5.44. The number of methoxy groups -OCH3 is 1. The van der Waals surface area contributed by atoms with E-state index >= 15 is 0 Å². The molecule has 0 aliphatic carbocycles. The molecule has 0 atom stereocenters. The maximum absolute atomic E-state index is 13.2. The summed E-state index contributed by atoms with van der Waals surface area (Å²) >= 11 is 12.5. The van der Waals surface area contributed by atoms with E-state index < -0.39 is 26.7 Å². The summed E-state index contributed by atoms with van der Waals surface area (Å²) in [6.07, 6.45) is 0.428. The highest BCUT2D eigenvalue weighted by Gasteiger charge is 2.22. The number of hydrogen-bond donors (Lipinski definition) is 3. The summed E-state index contributed by atoms with van der Waals surface area (Å²) in [6.45, 7) is 1.79. The first-order valence-corrected chi connectivity index (χ1v) is 13.3. The van der Waals surface area contributed by atoms with Gasteiger partial charge in [-0.3, -0.25) is 9.35 Å². The molecule has 38 heavy (non-hydrogen) atoms. The molecule has 4 aromatic carbocycles. The number of benzene rings is 4. The quantitative estimate of drug-likeness (QED) is 0.156. The molecule has 0 heterocycles. The average Bonchev–Trinajstić information content (AvgIpc) is 2.89. The van der Waals surface area contributed by atoms with Crippen LogP contribution in [0.4, 0.5) is 17.1 Å². The zero-order valence-electron chi connectivity index (χ0n) is 20.1. The normalized spacial score (nSPS) is 11.7. The van der Waals surface area contributed by atoms with E-state index in [-0.39, 0.29) is 32.7 Å². The van der Waals surface area contributed by atoms with Crippen molar-refractivity contribution < 1.29 is 27.6 Å². The molecule has 0 bridgehead atoms. The minimum Gasteiger partial charge on any atom is -0.505 e. The first-order valence-electron chi connectivity index (χ1n) is 11.1. The van der Waals surface area contributed by atoms with Crippen LogP contribution in [0.3, 0.4) is 0 Å². The van der Waals surface area contributed by atoms with Crippen molar-refractivity contribution in [1.29, 1.82) is 0 Å². The highest BCUT2D eigenvalue weighted by atomic mass is 35.5. The van der Waals surface area contributed by atoms with Gasteiger partial charge in [0.05, 0.1) is 22.7 Å². The Morgan fingerprint density at radius 1 is 1.05 bits per heavy atom. The fourth-order valence-corrected chi connectivity index (χ4v) is 5.06. The average molecular weight is 574 g/mol. The number of carbonyl (C=O) groups is 1. The van der Waals surface area contributed by atoms with Crippen molar-refractivity contribution in [3.63, 3.8) is 0 Å². The Bertz CT molecular complexity index is 1710. The summed E-state index contributed by atoms with van der Waals surface area (Å²) < 4.78 is 38.5. The van der Waals surface area contributed by atoms with Crippen LogP contribution in [-0.2, 0) is 16.5 Å². The Balaban J connectivity index is 1.85. The summed E-state index contributed by atoms with van der Waals surface area (Å²) in [5.74, 6) is -0.837. The van der Waals surface area contributed by atoms with Gasteiger partial charge in [-0.1, -0.05) is 60.5 Å². The van der Waals surface area contributed by atoms with Gasteiger partial charge in [0.1, 0.15) is 27.7 Å². The fourth-order valence-electron chi connectivity index (χ4n) is 3.78. The third-order valence-electron chi connectivity index (χ3n) is 5.70. The van der Waals surface area contributed by atoms with E-state index in [9.17, 15) is 22.9 Å². The fraction of sp³-hybridized carbons (Fsp3) is 0.115. The van der Waals surface area contributed by atoms with Gasteiger partial charge in [-0.15, -0.1) is 10.2 Å². The van der Waals surface area contributed by atoms with Gasteiger partial charge < -0.3 is 15.2 Å². The second-order valence-electron chi connectivity index (χ2n) is 8.07. The minimum atomic E-state index is -4.63. The Morgan fingerprint density at radius 2 is 1.79 bits per heavy atom. The van der Waals surface area contributed by atoms with Crippen molar-refractivity contribution in [3.05, 3.63) is 81.8 Å². The molecule has 0 aliphatic rings. The maximum Gasteiger partial charge on any atom is 0.296 e. The van der Waals surface area contributed by atoms with Crippen LogP contribution >= 0.6 is 23.2 Å².